The van der Waals surface area contributed by atoms with E-state index in [1.165, 1.54) is 17.8 Å². The molecule has 0 fully saturated rings. The standard InChI is InChI=1S/C11H18N4O2S/c1-7-6-8(16)14-10(13-7)18-5-4-11(2,3)9(12)15-17/h6,17H,4-5H2,1-3H3,(H2,12,15)(H,13,14,16). The van der Waals surface area contributed by atoms with Gasteiger partial charge in [-0.1, -0.05) is 30.8 Å². The molecule has 0 saturated heterocycles. The van der Waals surface area contributed by atoms with Gasteiger partial charge in [-0.2, -0.15) is 0 Å². The molecule has 0 saturated carbocycles. The Labute approximate surface area is 110 Å². The summed E-state index contributed by atoms with van der Waals surface area (Å²) in [6, 6.07) is 1.45. The lowest BCUT2D eigenvalue weighted by atomic mass is 9.89. The van der Waals surface area contributed by atoms with Crippen LogP contribution in [0.1, 0.15) is 26.0 Å². The molecule has 1 rings (SSSR count). The molecule has 100 valence electrons. The fourth-order valence-electron chi connectivity index (χ4n) is 1.29. The second-order valence-electron chi connectivity index (χ2n) is 4.66. The second kappa shape index (κ2) is 5.90. The van der Waals surface area contributed by atoms with Gasteiger partial charge in [-0.3, -0.25) is 4.79 Å². The van der Waals surface area contributed by atoms with Crippen molar-refractivity contribution >= 4 is 17.6 Å². The second-order valence-corrected chi connectivity index (χ2v) is 5.74. The predicted molar refractivity (Wildman–Crippen MR) is 72.1 cm³/mol. The molecule has 0 radical (unpaired) electrons. The van der Waals surface area contributed by atoms with Crippen molar-refractivity contribution in [2.45, 2.75) is 32.3 Å². The minimum Gasteiger partial charge on any atom is -0.409 e. The van der Waals surface area contributed by atoms with Crippen molar-refractivity contribution in [3.8, 4) is 0 Å². The highest BCUT2D eigenvalue weighted by Gasteiger charge is 2.23. The van der Waals surface area contributed by atoms with Crippen LogP contribution in [0.4, 0.5) is 0 Å². The average molecular weight is 270 g/mol. The Hall–Kier alpha value is -1.50. The first-order valence-electron chi connectivity index (χ1n) is 5.54. The van der Waals surface area contributed by atoms with Gasteiger partial charge in [0.1, 0.15) is 5.84 Å². The molecule has 0 spiro atoms. The molecular weight excluding hydrogens is 252 g/mol. The summed E-state index contributed by atoms with van der Waals surface area (Å²) in [6.07, 6.45) is 0.714. The number of amidine groups is 1. The fourth-order valence-corrected chi connectivity index (χ4v) is 2.47. The summed E-state index contributed by atoms with van der Waals surface area (Å²) in [4.78, 5) is 18.1. The summed E-state index contributed by atoms with van der Waals surface area (Å²) in [5.74, 6) is 0.920. The third kappa shape index (κ3) is 4.06. The molecule has 4 N–H and O–H groups in total. The Morgan fingerprint density at radius 3 is 2.89 bits per heavy atom. The molecule has 1 aromatic heterocycles. The van der Waals surface area contributed by atoms with Crippen molar-refractivity contribution in [2.24, 2.45) is 16.3 Å². The average Bonchev–Trinajstić information content (AvgIpc) is 2.26. The molecule has 0 unspecified atom stereocenters. The van der Waals surface area contributed by atoms with E-state index in [1.807, 2.05) is 13.8 Å². The Morgan fingerprint density at radius 1 is 1.67 bits per heavy atom. The molecule has 0 bridgehead atoms. The molecule has 18 heavy (non-hydrogen) atoms. The molecular formula is C11H18N4O2S. The molecule has 7 heteroatoms. The van der Waals surface area contributed by atoms with E-state index in [9.17, 15) is 4.79 Å². The monoisotopic (exact) mass is 270 g/mol. The molecule has 1 aromatic rings. The van der Waals surface area contributed by atoms with Crippen LogP contribution in [0.3, 0.4) is 0 Å². The zero-order chi connectivity index (χ0) is 13.8. The number of nitrogens with two attached hydrogens (primary N) is 1. The van der Waals surface area contributed by atoms with Crippen LogP contribution >= 0.6 is 11.8 Å². The van der Waals surface area contributed by atoms with Crippen LogP contribution in [0.15, 0.2) is 21.2 Å². The first kappa shape index (κ1) is 14.6. The van der Waals surface area contributed by atoms with Crippen LogP contribution in [-0.4, -0.2) is 26.8 Å². The van der Waals surface area contributed by atoms with Crippen LogP contribution in [0.2, 0.25) is 0 Å². The van der Waals surface area contributed by atoms with Gasteiger partial charge in [-0.25, -0.2) is 4.98 Å². The molecule has 0 aliphatic heterocycles. The van der Waals surface area contributed by atoms with E-state index in [0.29, 0.717) is 17.3 Å². The van der Waals surface area contributed by atoms with Crippen LogP contribution in [0, 0.1) is 12.3 Å². The number of hydrogen-bond donors (Lipinski definition) is 3. The maximum absolute atomic E-state index is 11.2. The van der Waals surface area contributed by atoms with Gasteiger partial charge in [-0.05, 0) is 13.3 Å². The van der Waals surface area contributed by atoms with Crippen molar-refractivity contribution < 1.29 is 5.21 Å². The number of aryl methyl sites for hydroxylation is 1. The zero-order valence-electron chi connectivity index (χ0n) is 10.7. The lowest BCUT2D eigenvalue weighted by Gasteiger charge is -2.22. The number of aromatic amines is 1. The topological polar surface area (TPSA) is 104 Å². The minimum atomic E-state index is -0.383. The quantitative estimate of drug-likeness (QED) is 0.187. The van der Waals surface area contributed by atoms with Gasteiger partial charge in [0.15, 0.2) is 5.16 Å². The zero-order valence-corrected chi connectivity index (χ0v) is 11.5. The molecule has 0 amide bonds. The molecule has 0 aromatic carbocycles. The molecule has 0 aliphatic rings. The number of thioether (sulfide) groups is 1. The lowest BCUT2D eigenvalue weighted by molar-refractivity contribution is 0.307. The predicted octanol–water partition coefficient (Wildman–Crippen LogP) is 1.33. The maximum Gasteiger partial charge on any atom is 0.251 e. The summed E-state index contributed by atoms with van der Waals surface area (Å²) in [7, 11) is 0. The van der Waals surface area contributed by atoms with E-state index < -0.39 is 0 Å². The van der Waals surface area contributed by atoms with Gasteiger partial charge in [0.2, 0.25) is 0 Å². The highest BCUT2D eigenvalue weighted by atomic mass is 32.2. The Balaban J connectivity index is 2.59. The number of nitrogens with one attached hydrogen (secondary N) is 1. The van der Waals surface area contributed by atoms with Gasteiger partial charge in [0.25, 0.3) is 5.56 Å². The first-order valence-corrected chi connectivity index (χ1v) is 6.52. The van der Waals surface area contributed by atoms with Crippen LogP contribution in [0.25, 0.3) is 0 Å². The van der Waals surface area contributed by atoms with E-state index in [1.54, 1.807) is 6.92 Å². The molecule has 0 atom stereocenters. The summed E-state index contributed by atoms with van der Waals surface area (Å²) in [5, 5.41) is 12.3. The summed E-state index contributed by atoms with van der Waals surface area (Å²) in [5.41, 5.74) is 5.75. The van der Waals surface area contributed by atoms with E-state index >= 15 is 0 Å². The number of aromatic nitrogens is 2. The van der Waals surface area contributed by atoms with E-state index in [2.05, 4.69) is 15.1 Å². The van der Waals surface area contributed by atoms with Gasteiger partial charge >= 0.3 is 0 Å². The van der Waals surface area contributed by atoms with Gasteiger partial charge < -0.3 is 15.9 Å². The third-order valence-electron chi connectivity index (χ3n) is 2.61. The van der Waals surface area contributed by atoms with Crippen molar-refractivity contribution in [3.63, 3.8) is 0 Å². The number of nitrogens with zero attached hydrogens (tertiary/aromatic N) is 2. The fraction of sp³-hybridized carbons (Fsp3) is 0.545. The molecule has 0 aliphatic carbocycles. The number of H-pyrrole nitrogens is 1. The van der Waals surface area contributed by atoms with Crippen LogP contribution in [0.5, 0.6) is 0 Å². The third-order valence-corrected chi connectivity index (χ3v) is 3.49. The van der Waals surface area contributed by atoms with Crippen molar-refractivity contribution in [3.05, 3.63) is 22.1 Å². The maximum atomic E-state index is 11.2. The highest BCUT2D eigenvalue weighted by Crippen LogP contribution is 2.24. The van der Waals surface area contributed by atoms with E-state index in [0.717, 1.165) is 5.75 Å². The number of rotatable bonds is 5. The first-order chi connectivity index (χ1) is 8.35. The minimum absolute atomic E-state index is 0.152. The Morgan fingerprint density at radius 2 is 2.33 bits per heavy atom. The largest absolute Gasteiger partial charge is 0.409 e. The van der Waals surface area contributed by atoms with Gasteiger partial charge in [-0.15, -0.1) is 0 Å². The lowest BCUT2D eigenvalue weighted by Crippen LogP contribution is -2.32. The summed E-state index contributed by atoms with van der Waals surface area (Å²) >= 11 is 1.44. The smallest absolute Gasteiger partial charge is 0.251 e. The van der Waals surface area contributed by atoms with Crippen molar-refractivity contribution in [2.75, 3.05) is 5.75 Å². The van der Waals surface area contributed by atoms with Crippen molar-refractivity contribution in [1.29, 1.82) is 0 Å². The Bertz CT molecular complexity index is 496. The van der Waals surface area contributed by atoms with Crippen LogP contribution < -0.4 is 11.3 Å². The number of hydrogen-bond acceptors (Lipinski definition) is 5. The van der Waals surface area contributed by atoms with Gasteiger partial charge in [0, 0.05) is 22.9 Å². The van der Waals surface area contributed by atoms with Crippen LogP contribution in [-0.2, 0) is 0 Å². The SMILES string of the molecule is Cc1cc(=O)[nH]c(SCCC(C)(C)C(N)=NO)n1. The normalized spacial score (nSPS) is 12.7. The van der Waals surface area contributed by atoms with E-state index in [-0.39, 0.29) is 16.8 Å². The van der Waals surface area contributed by atoms with Gasteiger partial charge in [0.05, 0.1) is 0 Å². The molecule has 1 heterocycles. The summed E-state index contributed by atoms with van der Waals surface area (Å²) < 4.78 is 0. The van der Waals surface area contributed by atoms with Crippen molar-refractivity contribution in [1.82, 2.24) is 9.97 Å². The summed E-state index contributed by atoms with van der Waals surface area (Å²) in [6.45, 7) is 5.57. The highest BCUT2D eigenvalue weighted by molar-refractivity contribution is 7.99. The van der Waals surface area contributed by atoms with E-state index in [4.69, 9.17) is 10.9 Å². The molecule has 6 nitrogen and oxygen atoms in total. The number of oxime groups is 1. The Kier molecular flexibility index (Phi) is 4.77.